The number of nitrogens with zero attached hydrogens (tertiary/aromatic N) is 6. The molecule has 0 N–H and O–H groups in total. The normalized spacial score (nSPS) is 19.0. The first-order valence-corrected chi connectivity index (χ1v) is 14.5. The SMILES string of the molecule is C=CC(=O)N1CCN(c2nc(OC)nc3c2CCN(c2cccc4ccccc24)C3)CC1COC.CN1CCCC1. The summed E-state index contributed by atoms with van der Waals surface area (Å²) in [5.74, 6) is 0.830. The molecule has 3 aliphatic rings. The number of likely N-dealkylation sites (tertiary alicyclic amines) is 1. The van der Waals surface area contributed by atoms with Gasteiger partial charge in [-0.3, -0.25) is 4.79 Å². The van der Waals surface area contributed by atoms with E-state index in [1.54, 1.807) is 14.2 Å². The van der Waals surface area contributed by atoms with Crippen LogP contribution >= 0.6 is 0 Å². The second-order valence-electron chi connectivity index (χ2n) is 10.9. The highest BCUT2D eigenvalue weighted by atomic mass is 16.5. The van der Waals surface area contributed by atoms with E-state index >= 15 is 0 Å². The summed E-state index contributed by atoms with van der Waals surface area (Å²) in [6.45, 7) is 10.2. The van der Waals surface area contributed by atoms with Gasteiger partial charge in [-0.2, -0.15) is 9.97 Å². The molecular formula is C32H42N6O3. The highest BCUT2D eigenvalue weighted by molar-refractivity contribution is 5.94. The van der Waals surface area contributed by atoms with E-state index in [0.29, 0.717) is 38.8 Å². The topological polar surface area (TPSA) is 74.3 Å². The molecule has 1 unspecified atom stereocenters. The molecule has 1 amide bonds. The van der Waals surface area contributed by atoms with Crippen LogP contribution in [0.5, 0.6) is 6.01 Å². The molecule has 6 rings (SSSR count). The quantitative estimate of drug-likeness (QED) is 0.424. The Morgan fingerprint density at radius 1 is 1.00 bits per heavy atom. The van der Waals surface area contributed by atoms with Crippen LogP contribution in [0.15, 0.2) is 55.1 Å². The van der Waals surface area contributed by atoms with Gasteiger partial charge in [0.25, 0.3) is 0 Å². The summed E-state index contributed by atoms with van der Waals surface area (Å²) in [5.41, 5.74) is 3.35. The first kappa shape index (κ1) is 28.8. The first-order valence-electron chi connectivity index (χ1n) is 14.5. The van der Waals surface area contributed by atoms with Gasteiger partial charge in [0.2, 0.25) is 5.91 Å². The van der Waals surface area contributed by atoms with E-state index in [2.05, 4.69) is 70.8 Å². The van der Waals surface area contributed by atoms with Gasteiger partial charge in [0.1, 0.15) is 5.82 Å². The molecule has 0 radical (unpaired) electrons. The van der Waals surface area contributed by atoms with Crippen molar-refractivity contribution >= 4 is 28.2 Å². The second-order valence-corrected chi connectivity index (χ2v) is 10.9. The fraction of sp³-hybridized carbons (Fsp3) is 0.469. The number of ether oxygens (including phenoxy) is 2. The van der Waals surface area contributed by atoms with Gasteiger partial charge in [0.05, 0.1) is 32.0 Å². The van der Waals surface area contributed by atoms with Crippen molar-refractivity contribution in [3.63, 3.8) is 0 Å². The number of carbonyl (C=O) groups is 1. The highest BCUT2D eigenvalue weighted by Crippen LogP contribution is 2.34. The van der Waals surface area contributed by atoms with Crippen LogP contribution in [0.1, 0.15) is 24.1 Å². The highest BCUT2D eigenvalue weighted by Gasteiger charge is 2.33. The zero-order valence-corrected chi connectivity index (χ0v) is 24.6. The van der Waals surface area contributed by atoms with Crippen molar-refractivity contribution < 1.29 is 14.3 Å². The molecule has 9 nitrogen and oxygen atoms in total. The van der Waals surface area contributed by atoms with Crippen LogP contribution in [-0.4, -0.2) is 98.9 Å². The lowest BCUT2D eigenvalue weighted by Crippen LogP contribution is -2.57. The number of piperazine rings is 1. The molecule has 2 aromatic carbocycles. The third kappa shape index (κ3) is 6.47. The molecule has 9 heteroatoms. The van der Waals surface area contributed by atoms with Crippen molar-refractivity contribution in [2.75, 3.05) is 76.9 Å². The fourth-order valence-electron chi connectivity index (χ4n) is 6.10. The fourth-order valence-corrected chi connectivity index (χ4v) is 6.10. The van der Waals surface area contributed by atoms with Gasteiger partial charge in [-0.1, -0.05) is 43.0 Å². The molecule has 4 heterocycles. The molecule has 3 aromatic rings. The van der Waals surface area contributed by atoms with E-state index in [1.165, 1.54) is 48.5 Å². The van der Waals surface area contributed by atoms with Gasteiger partial charge >= 0.3 is 6.01 Å². The van der Waals surface area contributed by atoms with Crippen molar-refractivity contribution in [1.82, 2.24) is 19.8 Å². The average molecular weight is 559 g/mol. The Kier molecular flexibility index (Phi) is 9.36. The molecule has 2 saturated heterocycles. The van der Waals surface area contributed by atoms with Crippen LogP contribution in [0, 0.1) is 0 Å². The Morgan fingerprint density at radius 3 is 2.49 bits per heavy atom. The Bertz CT molecular complexity index is 1350. The Balaban J connectivity index is 0.000000500. The molecule has 1 aromatic heterocycles. The standard InChI is InChI=1S/C27H31N5O3.C5H11N/c1-4-25(33)32-15-14-31(16-20(32)18-34-2)26-22-12-13-30(17-23(22)28-27(29-26)35-3)24-11-7-9-19-8-5-6-10-21(19)24;1-6-4-2-3-5-6/h4-11,20H,1,12-18H2,2-3H3;2-5H2,1H3. The van der Waals surface area contributed by atoms with Crippen LogP contribution in [0.25, 0.3) is 10.8 Å². The Morgan fingerprint density at radius 2 is 1.78 bits per heavy atom. The summed E-state index contributed by atoms with van der Waals surface area (Å²) in [7, 11) is 5.44. The second kappa shape index (κ2) is 13.3. The van der Waals surface area contributed by atoms with Crippen molar-refractivity contribution in [2.45, 2.75) is 31.8 Å². The molecule has 0 saturated carbocycles. The smallest absolute Gasteiger partial charge is 0.318 e. The van der Waals surface area contributed by atoms with E-state index in [4.69, 9.17) is 19.4 Å². The molecule has 0 bridgehead atoms. The minimum atomic E-state index is -0.0772. The first-order chi connectivity index (χ1) is 20.0. The van der Waals surface area contributed by atoms with Gasteiger partial charge in [0, 0.05) is 49.9 Å². The third-order valence-electron chi connectivity index (χ3n) is 8.24. The third-order valence-corrected chi connectivity index (χ3v) is 8.24. The number of hydrogen-bond acceptors (Lipinski definition) is 8. The summed E-state index contributed by atoms with van der Waals surface area (Å²) < 4.78 is 10.9. The van der Waals surface area contributed by atoms with Crippen molar-refractivity contribution in [3.8, 4) is 6.01 Å². The maximum atomic E-state index is 12.4. The summed E-state index contributed by atoms with van der Waals surface area (Å²) in [5, 5.41) is 2.47. The molecule has 41 heavy (non-hydrogen) atoms. The van der Waals surface area contributed by atoms with E-state index in [9.17, 15) is 4.79 Å². The van der Waals surface area contributed by atoms with Gasteiger partial charge in [0.15, 0.2) is 0 Å². The van der Waals surface area contributed by atoms with Crippen molar-refractivity contribution in [1.29, 1.82) is 0 Å². The molecule has 3 aliphatic heterocycles. The lowest BCUT2D eigenvalue weighted by molar-refractivity contribution is -0.129. The molecule has 0 aliphatic carbocycles. The van der Waals surface area contributed by atoms with Crippen LogP contribution in [-0.2, 0) is 22.5 Å². The van der Waals surface area contributed by atoms with Gasteiger partial charge < -0.3 is 29.1 Å². The van der Waals surface area contributed by atoms with E-state index in [-0.39, 0.29) is 11.9 Å². The predicted octanol–water partition coefficient (Wildman–Crippen LogP) is 3.76. The number of aromatic nitrogens is 2. The van der Waals surface area contributed by atoms with Crippen molar-refractivity contribution in [3.05, 3.63) is 66.4 Å². The summed E-state index contributed by atoms with van der Waals surface area (Å²) in [6.07, 6.45) is 5.03. The summed E-state index contributed by atoms with van der Waals surface area (Å²) >= 11 is 0. The number of carbonyl (C=O) groups excluding carboxylic acids is 1. The number of amides is 1. The molecule has 2 fully saturated rings. The summed E-state index contributed by atoms with van der Waals surface area (Å²) in [6, 6.07) is 15.2. The van der Waals surface area contributed by atoms with Gasteiger partial charge in [-0.05, 0) is 56.9 Å². The molecule has 1 atom stereocenters. The van der Waals surface area contributed by atoms with Crippen LogP contribution in [0.2, 0.25) is 0 Å². The maximum absolute atomic E-state index is 12.4. The van der Waals surface area contributed by atoms with Crippen molar-refractivity contribution in [2.24, 2.45) is 0 Å². The number of hydrogen-bond donors (Lipinski definition) is 0. The molecular weight excluding hydrogens is 516 g/mol. The van der Waals surface area contributed by atoms with E-state index in [1.807, 2.05) is 4.90 Å². The number of fused-ring (bicyclic) bond motifs is 2. The lowest BCUT2D eigenvalue weighted by atomic mass is 10.0. The number of methoxy groups -OCH3 is 2. The zero-order chi connectivity index (χ0) is 28.8. The predicted molar refractivity (Wildman–Crippen MR) is 164 cm³/mol. The number of anilines is 2. The van der Waals surface area contributed by atoms with Gasteiger partial charge in [-0.25, -0.2) is 0 Å². The lowest BCUT2D eigenvalue weighted by Gasteiger charge is -2.42. The number of benzene rings is 2. The van der Waals surface area contributed by atoms with Gasteiger partial charge in [-0.15, -0.1) is 0 Å². The van der Waals surface area contributed by atoms with Crippen LogP contribution in [0.4, 0.5) is 11.5 Å². The zero-order valence-electron chi connectivity index (χ0n) is 24.6. The summed E-state index contributed by atoms with van der Waals surface area (Å²) in [4.78, 5) is 30.7. The van der Waals surface area contributed by atoms with E-state index < -0.39 is 0 Å². The monoisotopic (exact) mass is 558 g/mol. The van der Waals surface area contributed by atoms with Crippen LogP contribution < -0.4 is 14.5 Å². The average Bonchev–Trinajstić information content (AvgIpc) is 3.50. The van der Waals surface area contributed by atoms with Crippen LogP contribution in [0.3, 0.4) is 0 Å². The molecule has 0 spiro atoms. The number of rotatable bonds is 6. The maximum Gasteiger partial charge on any atom is 0.318 e. The minimum Gasteiger partial charge on any atom is -0.467 e. The minimum absolute atomic E-state index is 0.0697. The Hall–Kier alpha value is -3.69. The largest absolute Gasteiger partial charge is 0.467 e. The van der Waals surface area contributed by atoms with E-state index in [0.717, 1.165) is 30.0 Å². The Labute approximate surface area is 243 Å². The molecule has 218 valence electrons.